The number of carbonyl (C=O) groups is 6. The van der Waals surface area contributed by atoms with E-state index in [0.29, 0.717) is 11.1 Å². The van der Waals surface area contributed by atoms with Gasteiger partial charge < -0.3 is 48.7 Å². The molecule has 3 fully saturated rings. The lowest BCUT2D eigenvalue weighted by atomic mass is 9.51. The predicted molar refractivity (Wildman–Crippen MR) is 224 cm³/mol. The molecular weight excluding hydrogens is 831 g/mol. The molecule has 0 aromatic heterocycles. The third kappa shape index (κ3) is 8.19. The summed E-state index contributed by atoms with van der Waals surface area (Å²) < 4.78 is 42.9. The fraction of sp³-hybridized carbons (Fsp3) is 0.458. The maximum Gasteiger partial charge on any atom is 0.350 e. The van der Waals surface area contributed by atoms with Gasteiger partial charge in [0.15, 0.2) is 5.60 Å². The number of hydrogen-bond acceptors (Lipinski definition) is 15. The molecule has 7 rings (SSSR count). The SMILES string of the molecule is CC(=O)O[C@H]1CO[C@]2(C)[C@@H](O)C[C@H]3OC[C@@]3(OC(C)=O)[C@H]2[C@H](OC(=O)c2ccccc2)[C@]2(O)C[C@H](OC(=O)[C@H](OC=O)[C@@H](NC(=O)c3ccccc3)c3ccccc3)C(C)=C1C2(C)C. The molecule has 3 N–H and O–H groups in total. The van der Waals surface area contributed by atoms with Gasteiger partial charge in [0.25, 0.3) is 12.4 Å². The molecule has 4 aliphatic rings. The largest absolute Gasteiger partial charge is 0.456 e. The maximum atomic E-state index is 14.7. The number of aliphatic hydroxyl groups is 2. The Morgan fingerprint density at radius 1 is 0.828 bits per heavy atom. The highest BCUT2D eigenvalue weighted by Crippen LogP contribution is 2.61. The van der Waals surface area contributed by atoms with Crippen LogP contribution in [-0.4, -0.2) is 113 Å². The van der Waals surface area contributed by atoms with Gasteiger partial charge in [0.2, 0.25) is 6.10 Å². The number of rotatable bonds is 12. The van der Waals surface area contributed by atoms with Crippen molar-refractivity contribution in [3.63, 3.8) is 0 Å². The minimum Gasteiger partial charge on any atom is -0.456 e. The van der Waals surface area contributed by atoms with Gasteiger partial charge in [-0.15, -0.1) is 0 Å². The second kappa shape index (κ2) is 17.9. The van der Waals surface area contributed by atoms with E-state index in [9.17, 15) is 39.0 Å². The van der Waals surface area contributed by atoms with Gasteiger partial charge in [0.05, 0.1) is 30.8 Å². The molecule has 1 amide bonds. The van der Waals surface area contributed by atoms with Gasteiger partial charge in [-0.2, -0.15) is 0 Å². The van der Waals surface area contributed by atoms with Crippen molar-refractivity contribution in [2.45, 2.75) is 114 Å². The summed E-state index contributed by atoms with van der Waals surface area (Å²) in [4.78, 5) is 80.8. The minimum absolute atomic E-state index is 0.0570. The Kier molecular flexibility index (Phi) is 12.9. The molecule has 0 radical (unpaired) electrons. The Morgan fingerprint density at radius 3 is 2.00 bits per heavy atom. The number of ether oxygens (including phenoxy) is 7. The average molecular weight is 884 g/mol. The zero-order valence-electron chi connectivity index (χ0n) is 36.4. The van der Waals surface area contributed by atoms with E-state index < -0.39 is 114 Å². The first-order valence-corrected chi connectivity index (χ1v) is 21.1. The smallest absolute Gasteiger partial charge is 0.350 e. The molecule has 3 aromatic carbocycles. The van der Waals surface area contributed by atoms with Crippen molar-refractivity contribution in [3.05, 3.63) is 119 Å². The molecular formula is C48H53NO15. The van der Waals surface area contributed by atoms with Crippen LogP contribution in [0.1, 0.15) is 86.7 Å². The molecule has 2 bridgehead atoms. The second-order valence-corrected chi connectivity index (χ2v) is 17.5. The van der Waals surface area contributed by atoms with Crippen molar-refractivity contribution in [1.82, 2.24) is 5.32 Å². The van der Waals surface area contributed by atoms with Gasteiger partial charge in [-0.05, 0) is 54.8 Å². The van der Waals surface area contributed by atoms with Crippen LogP contribution in [0.3, 0.4) is 0 Å². The van der Waals surface area contributed by atoms with E-state index in [0.717, 1.165) is 0 Å². The Labute approximate surface area is 370 Å². The van der Waals surface area contributed by atoms with Gasteiger partial charge in [0.1, 0.15) is 41.7 Å². The lowest BCUT2D eigenvalue weighted by molar-refractivity contribution is -0.363. The number of esters is 4. The van der Waals surface area contributed by atoms with Crippen LogP contribution in [0.15, 0.2) is 102 Å². The van der Waals surface area contributed by atoms with E-state index in [1.54, 1.807) is 107 Å². The van der Waals surface area contributed by atoms with E-state index in [-0.39, 0.29) is 36.2 Å². The Hall–Kier alpha value is -5.94. The van der Waals surface area contributed by atoms with Crippen LogP contribution in [0.4, 0.5) is 0 Å². The zero-order valence-corrected chi connectivity index (χ0v) is 36.4. The molecule has 2 aliphatic carbocycles. The van der Waals surface area contributed by atoms with E-state index in [1.807, 2.05) is 0 Å². The number of amides is 1. The first kappa shape index (κ1) is 46.1. The van der Waals surface area contributed by atoms with Crippen molar-refractivity contribution in [2.24, 2.45) is 11.3 Å². The molecule has 2 aliphatic heterocycles. The lowest BCUT2D eigenvalue weighted by Gasteiger charge is -2.65. The van der Waals surface area contributed by atoms with Gasteiger partial charge in [0, 0.05) is 37.7 Å². The van der Waals surface area contributed by atoms with E-state index >= 15 is 0 Å². The third-order valence-electron chi connectivity index (χ3n) is 13.5. The molecule has 16 heteroatoms. The minimum atomic E-state index is -2.35. The van der Waals surface area contributed by atoms with Gasteiger partial charge in [-0.3, -0.25) is 19.2 Å². The number of hydrogen-bond donors (Lipinski definition) is 3. The predicted octanol–water partition coefficient (Wildman–Crippen LogP) is 4.12. The second-order valence-electron chi connectivity index (χ2n) is 17.5. The first-order chi connectivity index (χ1) is 30.4. The molecule has 2 saturated heterocycles. The summed E-state index contributed by atoms with van der Waals surface area (Å²) >= 11 is 0. The fourth-order valence-electron chi connectivity index (χ4n) is 10.2. The van der Waals surface area contributed by atoms with E-state index in [4.69, 9.17) is 33.2 Å². The van der Waals surface area contributed by atoms with Crippen LogP contribution in [0.25, 0.3) is 0 Å². The van der Waals surface area contributed by atoms with Crippen LogP contribution in [0.5, 0.6) is 0 Å². The Morgan fingerprint density at radius 2 is 1.44 bits per heavy atom. The lowest BCUT2D eigenvalue weighted by Crippen LogP contribution is -2.81. The van der Waals surface area contributed by atoms with Crippen LogP contribution in [0.2, 0.25) is 0 Å². The van der Waals surface area contributed by atoms with Gasteiger partial charge in [-0.1, -0.05) is 80.6 Å². The molecule has 16 nitrogen and oxygen atoms in total. The molecule has 3 aromatic rings. The molecule has 1 saturated carbocycles. The van der Waals surface area contributed by atoms with Crippen LogP contribution in [0, 0.1) is 11.3 Å². The van der Waals surface area contributed by atoms with Crippen LogP contribution in [-0.2, 0) is 52.3 Å². The number of nitrogens with one attached hydrogen (secondary N) is 1. The number of aliphatic hydroxyl groups excluding tert-OH is 1. The highest BCUT2D eigenvalue weighted by molar-refractivity contribution is 5.95. The fourth-order valence-corrected chi connectivity index (χ4v) is 10.2. The topological polar surface area (TPSA) is 220 Å². The summed E-state index contributed by atoms with van der Waals surface area (Å²) in [6.45, 7) is 8.28. The summed E-state index contributed by atoms with van der Waals surface area (Å²) in [5.41, 5.74) is -6.02. The van der Waals surface area contributed by atoms with Crippen LogP contribution >= 0.6 is 0 Å². The molecule has 2 heterocycles. The number of carbonyl (C=O) groups excluding carboxylic acids is 6. The summed E-state index contributed by atoms with van der Waals surface area (Å²) in [7, 11) is 0. The third-order valence-corrected chi connectivity index (χ3v) is 13.5. The Balaban J connectivity index is 1.39. The number of fused-ring (bicyclic) bond motifs is 5. The van der Waals surface area contributed by atoms with Crippen molar-refractivity contribution in [3.8, 4) is 0 Å². The van der Waals surface area contributed by atoms with Crippen molar-refractivity contribution < 1.29 is 72.1 Å². The Bertz CT molecular complexity index is 2280. The quantitative estimate of drug-likeness (QED) is 0.101. The summed E-state index contributed by atoms with van der Waals surface area (Å²) in [5.74, 6) is -5.43. The highest BCUT2D eigenvalue weighted by Gasteiger charge is 2.76. The molecule has 64 heavy (non-hydrogen) atoms. The highest BCUT2D eigenvalue weighted by atomic mass is 16.6. The zero-order chi connectivity index (χ0) is 46.2. The molecule has 0 spiro atoms. The van der Waals surface area contributed by atoms with E-state index in [2.05, 4.69) is 5.32 Å². The number of benzene rings is 3. The van der Waals surface area contributed by atoms with Crippen molar-refractivity contribution >= 4 is 36.3 Å². The van der Waals surface area contributed by atoms with Gasteiger partial charge in [-0.25, -0.2) is 9.59 Å². The van der Waals surface area contributed by atoms with Crippen molar-refractivity contribution in [1.29, 1.82) is 0 Å². The monoisotopic (exact) mass is 883 g/mol. The van der Waals surface area contributed by atoms with Crippen molar-refractivity contribution in [2.75, 3.05) is 13.2 Å². The summed E-state index contributed by atoms with van der Waals surface area (Å²) in [6.07, 6.45) is -9.15. The molecule has 0 unspecified atom stereocenters. The van der Waals surface area contributed by atoms with Crippen LogP contribution < -0.4 is 5.32 Å². The first-order valence-electron chi connectivity index (χ1n) is 21.1. The normalized spacial score (nSPS) is 31.2. The van der Waals surface area contributed by atoms with Gasteiger partial charge >= 0.3 is 23.9 Å². The molecule has 11 atom stereocenters. The standard InChI is InChI=1S/C48H53NO15/c1-27-33(62-44(56)39(59-26-50)38(30-16-10-7-11-17-30)49-42(54)31-18-12-8-13-19-31)23-48(57)41(63-43(55)32-20-14-9-15-21-32)40-46(6,35(53)22-36-47(40,25-58-36)64-29(3)52)60-24-34(61-28(2)51)37(27)45(48,4)5/h7-21,26,33-36,38-41,53,57H,22-25H2,1-6H3,(H,49,54)/t33-,34-,35-,36+,38-,39+,40-,41-,46+,47-,48+/m0/s1. The molecule has 340 valence electrons. The average Bonchev–Trinajstić information content (AvgIpc) is 3.27. The maximum absolute atomic E-state index is 14.7. The summed E-state index contributed by atoms with van der Waals surface area (Å²) in [5, 5.41) is 28.7. The summed E-state index contributed by atoms with van der Waals surface area (Å²) in [6, 6.07) is 23.2. The van der Waals surface area contributed by atoms with E-state index in [1.165, 1.54) is 26.0 Å².